The average Bonchev–Trinajstić information content (AvgIpc) is 2.52. The van der Waals surface area contributed by atoms with Crippen molar-refractivity contribution in [3.63, 3.8) is 0 Å². The molecule has 0 aliphatic carbocycles. The Hall–Kier alpha value is -0.690. The molecular formula is C11H21NO5. The lowest BCUT2D eigenvalue weighted by atomic mass is 10.1. The second-order valence-electron chi connectivity index (χ2n) is 4.78. The number of nitrogens with one attached hydrogen (secondary N) is 1. The van der Waals surface area contributed by atoms with E-state index in [2.05, 4.69) is 5.32 Å². The Morgan fingerprint density at radius 2 is 1.88 bits per heavy atom. The summed E-state index contributed by atoms with van der Waals surface area (Å²) >= 11 is 0. The van der Waals surface area contributed by atoms with Crippen molar-refractivity contribution in [2.75, 3.05) is 13.2 Å². The van der Waals surface area contributed by atoms with Crippen molar-refractivity contribution < 1.29 is 24.9 Å². The van der Waals surface area contributed by atoms with Crippen LogP contribution < -0.4 is 5.32 Å². The monoisotopic (exact) mass is 247 g/mol. The highest BCUT2D eigenvalue weighted by Gasteiger charge is 2.42. The number of rotatable bonds is 5. The van der Waals surface area contributed by atoms with Crippen LogP contribution in [0.5, 0.6) is 0 Å². The molecule has 1 amide bonds. The molecule has 0 unspecified atom stereocenters. The Kier molecular flexibility index (Phi) is 5.32. The summed E-state index contributed by atoms with van der Waals surface area (Å²) in [5.74, 6) is 0.151. The van der Waals surface area contributed by atoms with Gasteiger partial charge in [0, 0.05) is 13.0 Å². The number of aliphatic hydroxyl groups is 3. The van der Waals surface area contributed by atoms with E-state index in [1.165, 1.54) is 0 Å². The first-order valence-electron chi connectivity index (χ1n) is 5.84. The van der Waals surface area contributed by atoms with Crippen LogP contribution in [0.2, 0.25) is 0 Å². The molecule has 0 spiro atoms. The Labute approximate surface area is 101 Å². The van der Waals surface area contributed by atoms with Gasteiger partial charge in [0.05, 0.1) is 6.61 Å². The van der Waals surface area contributed by atoms with Gasteiger partial charge in [0.2, 0.25) is 5.91 Å². The summed E-state index contributed by atoms with van der Waals surface area (Å²) in [6, 6.07) is 0. The molecule has 4 N–H and O–H groups in total. The van der Waals surface area contributed by atoms with E-state index in [1.54, 1.807) is 0 Å². The highest BCUT2D eigenvalue weighted by molar-refractivity contribution is 5.76. The Morgan fingerprint density at radius 1 is 1.29 bits per heavy atom. The van der Waals surface area contributed by atoms with E-state index in [9.17, 15) is 15.0 Å². The molecule has 0 bridgehead atoms. The van der Waals surface area contributed by atoms with Gasteiger partial charge in [0.25, 0.3) is 0 Å². The van der Waals surface area contributed by atoms with E-state index in [0.29, 0.717) is 6.42 Å². The van der Waals surface area contributed by atoms with Crippen LogP contribution in [0.4, 0.5) is 0 Å². The highest BCUT2D eigenvalue weighted by atomic mass is 16.6. The van der Waals surface area contributed by atoms with E-state index < -0.39 is 24.4 Å². The van der Waals surface area contributed by atoms with Crippen LogP contribution in [-0.4, -0.2) is 58.8 Å². The molecule has 17 heavy (non-hydrogen) atoms. The van der Waals surface area contributed by atoms with Gasteiger partial charge in [-0.1, -0.05) is 13.8 Å². The summed E-state index contributed by atoms with van der Waals surface area (Å²) in [5.41, 5.74) is 0. The zero-order valence-electron chi connectivity index (χ0n) is 10.2. The van der Waals surface area contributed by atoms with Crippen LogP contribution in [0.1, 0.15) is 20.3 Å². The lowest BCUT2D eigenvalue weighted by Gasteiger charge is -2.15. The minimum atomic E-state index is -1.10. The van der Waals surface area contributed by atoms with Crippen LogP contribution in [0.15, 0.2) is 0 Å². The SMILES string of the molecule is CC(C)CC(=O)NC[C@H]1O[C@H](CO)[C@@H](O)[C@@H]1O. The molecule has 1 aliphatic rings. The van der Waals surface area contributed by atoms with Crippen LogP contribution >= 0.6 is 0 Å². The van der Waals surface area contributed by atoms with Gasteiger partial charge in [0.1, 0.15) is 24.4 Å². The third-order valence-electron chi connectivity index (χ3n) is 2.74. The number of hydrogen-bond acceptors (Lipinski definition) is 5. The molecule has 0 saturated carbocycles. The van der Waals surface area contributed by atoms with Crippen molar-refractivity contribution in [3.05, 3.63) is 0 Å². The third-order valence-corrected chi connectivity index (χ3v) is 2.74. The van der Waals surface area contributed by atoms with Gasteiger partial charge in [0.15, 0.2) is 0 Å². The predicted molar refractivity (Wildman–Crippen MR) is 60.2 cm³/mol. The second kappa shape index (κ2) is 6.30. The summed E-state index contributed by atoms with van der Waals surface area (Å²) in [4.78, 5) is 11.4. The molecule has 1 aliphatic heterocycles. The first kappa shape index (κ1) is 14.4. The summed E-state index contributed by atoms with van der Waals surface area (Å²) < 4.78 is 5.23. The molecule has 0 radical (unpaired) electrons. The fourth-order valence-electron chi connectivity index (χ4n) is 1.80. The number of hydrogen-bond donors (Lipinski definition) is 4. The van der Waals surface area contributed by atoms with Gasteiger partial charge < -0.3 is 25.4 Å². The van der Waals surface area contributed by atoms with Gasteiger partial charge in [-0.05, 0) is 5.92 Å². The molecule has 1 rings (SSSR count). The molecular weight excluding hydrogens is 226 g/mol. The van der Waals surface area contributed by atoms with E-state index in [1.807, 2.05) is 13.8 Å². The van der Waals surface area contributed by atoms with E-state index in [-0.39, 0.29) is 25.0 Å². The molecule has 1 heterocycles. The summed E-state index contributed by atoms with van der Waals surface area (Å²) in [6.07, 6.45) is -3.22. The number of carbonyl (C=O) groups excluding carboxylic acids is 1. The van der Waals surface area contributed by atoms with Crippen LogP contribution in [0.3, 0.4) is 0 Å². The largest absolute Gasteiger partial charge is 0.394 e. The van der Waals surface area contributed by atoms with E-state index in [0.717, 1.165) is 0 Å². The molecule has 100 valence electrons. The van der Waals surface area contributed by atoms with Gasteiger partial charge >= 0.3 is 0 Å². The van der Waals surface area contributed by atoms with Crippen molar-refractivity contribution in [3.8, 4) is 0 Å². The van der Waals surface area contributed by atoms with Crippen molar-refractivity contribution >= 4 is 5.91 Å². The number of aliphatic hydroxyl groups excluding tert-OH is 3. The van der Waals surface area contributed by atoms with Gasteiger partial charge in [-0.3, -0.25) is 4.79 Å². The number of amides is 1. The molecule has 1 fully saturated rings. The Morgan fingerprint density at radius 3 is 2.35 bits per heavy atom. The van der Waals surface area contributed by atoms with Crippen molar-refractivity contribution in [2.24, 2.45) is 5.92 Å². The minimum Gasteiger partial charge on any atom is -0.394 e. The zero-order valence-corrected chi connectivity index (χ0v) is 10.2. The standard InChI is InChI=1S/C11H21NO5/c1-6(2)3-9(14)12-4-7-10(15)11(16)8(5-13)17-7/h6-8,10-11,13,15-16H,3-5H2,1-2H3,(H,12,14)/t7-,8-,10-,11-/m1/s1. The lowest BCUT2D eigenvalue weighted by Crippen LogP contribution is -2.40. The lowest BCUT2D eigenvalue weighted by molar-refractivity contribution is -0.122. The topological polar surface area (TPSA) is 99.0 Å². The predicted octanol–water partition coefficient (Wildman–Crippen LogP) is -1.37. The third kappa shape index (κ3) is 3.92. The van der Waals surface area contributed by atoms with Gasteiger partial charge in [-0.25, -0.2) is 0 Å². The number of carbonyl (C=O) groups is 1. The fraction of sp³-hybridized carbons (Fsp3) is 0.909. The maximum Gasteiger partial charge on any atom is 0.220 e. The molecule has 0 aromatic rings. The van der Waals surface area contributed by atoms with Gasteiger partial charge in [-0.2, -0.15) is 0 Å². The minimum absolute atomic E-state index is 0.113. The second-order valence-corrected chi connectivity index (χ2v) is 4.78. The summed E-state index contributed by atoms with van der Waals surface area (Å²) in [6.45, 7) is 3.66. The van der Waals surface area contributed by atoms with E-state index in [4.69, 9.17) is 9.84 Å². The average molecular weight is 247 g/mol. The van der Waals surface area contributed by atoms with Crippen molar-refractivity contribution in [1.82, 2.24) is 5.32 Å². The fourth-order valence-corrected chi connectivity index (χ4v) is 1.80. The molecule has 0 aromatic heterocycles. The molecule has 6 heteroatoms. The maximum absolute atomic E-state index is 11.4. The quantitative estimate of drug-likeness (QED) is 0.480. The number of ether oxygens (including phenoxy) is 1. The van der Waals surface area contributed by atoms with Crippen molar-refractivity contribution in [1.29, 1.82) is 0 Å². The maximum atomic E-state index is 11.4. The normalized spacial score (nSPS) is 33.1. The van der Waals surface area contributed by atoms with Crippen molar-refractivity contribution in [2.45, 2.75) is 44.7 Å². The Bertz CT molecular complexity index is 258. The van der Waals surface area contributed by atoms with Crippen LogP contribution in [0, 0.1) is 5.92 Å². The molecule has 6 nitrogen and oxygen atoms in total. The molecule has 1 saturated heterocycles. The van der Waals surface area contributed by atoms with Crippen LogP contribution in [-0.2, 0) is 9.53 Å². The first-order chi connectivity index (χ1) is 7.95. The van der Waals surface area contributed by atoms with E-state index >= 15 is 0 Å². The smallest absolute Gasteiger partial charge is 0.220 e. The summed E-state index contributed by atoms with van der Waals surface area (Å²) in [5, 5.41) is 30.6. The first-order valence-corrected chi connectivity index (χ1v) is 5.84. The van der Waals surface area contributed by atoms with Gasteiger partial charge in [-0.15, -0.1) is 0 Å². The summed E-state index contributed by atoms with van der Waals surface area (Å²) in [7, 11) is 0. The Balaban J connectivity index is 2.35. The highest BCUT2D eigenvalue weighted by Crippen LogP contribution is 2.20. The zero-order chi connectivity index (χ0) is 13.0. The molecule has 0 aromatic carbocycles. The molecule has 4 atom stereocenters. The van der Waals surface area contributed by atoms with Crippen LogP contribution in [0.25, 0.3) is 0 Å².